The van der Waals surface area contributed by atoms with Crippen molar-refractivity contribution in [3.05, 3.63) is 17.5 Å². The highest BCUT2D eigenvalue weighted by atomic mass is 79.9. The molecule has 0 atom stereocenters. The van der Waals surface area contributed by atoms with E-state index in [0.717, 1.165) is 5.69 Å². The highest BCUT2D eigenvalue weighted by molar-refractivity contribution is 9.09. The number of nitrogens with one attached hydrogen (secondary N) is 1. The van der Waals surface area contributed by atoms with E-state index in [9.17, 15) is 4.79 Å². The molecule has 4 nitrogen and oxygen atoms in total. The van der Waals surface area contributed by atoms with E-state index in [0.29, 0.717) is 16.2 Å². The van der Waals surface area contributed by atoms with Crippen LogP contribution in [0, 0.1) is 6.92 Å². The standard InChI is InChI=1S/C10H15Br2N3O/c1-7-8(4-15(3)14-7)9(16)13-10(2,5-11)6-12/h4H,5-6H2,1-3H3,(H,13,16). The Balaban J connectivity index is 2.84. The second-order valence-electron chi connectivity index (χ2n) is 4.08. The molecular weight excluding hydrogens is 338 g/mol. The van der Waals surface area contributed by atoms with Crippen LogP contribution in [0.1, 0.15) is 23.0 Å². The zero-order valence-corrected chi connectivity index (χ0v) is 12.7. The lowest BCUT2D eigenvalue weighted by molar-refractivity contribution is 0.0922. The Labute approximate surface area is 112 Å². The highest BCUT2D eigenvalue weighted by Crippen LogP contribution is 2.13. The molecule has 0 aliphatic rings. The Morgan fingerprint density at radius 3 is 2.50 bits per heavy atom. The van der Waals surface area contributed by atoms with E-state index in [2.05, 4.69) is 42.3 Å². The van der Waals surface area contributed by atoms with Gasteiger partial charge in [0.05, 0.1) is 16.8 Å². The van der Waals surface area contributed by atoms with Crippen molar-refractivity contribution in [2.45, 2.75) is 19.4 Å². The molecule has 1 amide bonds. The molecule has 0 spiro atoms. The quantitative estimate of drug-likeness (QED) is 0.842. The summed E-state index contributed by atoms with van der Waals surface area (Å²) in [6.07, 6.45) is 1.73. The van der Waals surface area contributed by atoms with Crippen LogP contribution in [-0.4, -0.2) is 31.9 Å². The minimum atomic E-state index is -0.292. The number of halogens is 2. The van der Waals surface area contributed by atoms with Gasteiger partial charge in [0.1, 0.15) is 0 Å². The highest BCUT2D eigenvalue weighted by Gasteiger charge is 2.25. The van der Waals surface area contributed by atoms with Gasteiger partial charge in [-0.05, 0) is 13.8 Å². The van der Waals surface area contributed by atoms with Gasteiger partial charge in [0, 0.05) is 23.9 Å². The first kappa shape index (κ1) is 13.7. The fourth-order valence-electron chi connectivity index (χ4n) is 1.27. The third kappa shape index (κ3) is 3.07. The van der Waals surface area contributed by atoms with Gasteiger partial charge in [0.25, 0.3) is 5.91 Å². The van der Waals surface area contributed by atoms with Crippen molar-refractivity contribution in [3.8, 4) is 0 Å². The maximum atomic E-state index is 12.0. The van der Waals surface area contributed by atoms with Gasteiger partial charge in [-0.2, -0.15) is 5.10 Å². The van der Waals surface area contributed by atoms with E-state index in [1.54, 1.807) is 17.9 Å². The Bertz CT molecular complexity index is 385. The van der Waals surface area contributed by atoms with Crippen molar-refractivity contribution in [2.24, 2.45) is 7.05 Å². The summed E-state index contributed by atoms with van der Waals surface area (Å²) in [5.74, 6) is -0.0907. The summed E-state index contributed by atoms with van der Waals surface area (Å²) >= 11 is 6.78. The lowest BCUT2D eigenvalue weighted by atomic mass is 10.1. The van der Waals surface area contributed by atoms with E-state index in [4.69, 9.17) is 0 Å². The SMILES string of the molecule is Cc1nn(C)cc1C(=O)NC(C)(CBr)CBr. The number of carbonyl (C=O) groups is 1. The molecule has 0 bridgehead atoms. The molecule has 0 aliphatic carbocycles. The van der Waals surface area contributed by atoms with Crippen molar-refractivity contribution in [1.29, 1.82) is 0 Å². The van der Waals surface area contributed by atoms with Crippen molar-refractivity contribution in [1.82, 2.24) is 15.1 Å². The Morgan fingerprint density at radius 2 is 2.12 bits per heavy atom. The Kier molecular flexibility index (Phi) is 4.55. The van der Waals surface area contributed by atoms with Crippen LogP contribution in [0.15, 0.2) is 6.20 Å². The van der Waals surface area contributed by atoms with Crippen LogP contribution in [0.5, 0.6) is 0 Å². The third-order valence-corrected chi connectivity index (χ3v) is 4.74. The zero-order valence-electron chi connectivity index (χ0n) is 9.55. The summed E-state index contributed by atoms with van der Waals surface area (Å²) < 4.78 is 1.64. The molecule has 0 saturated carbocycles. The number of aryl methyl sites for hydroxylation is 2. The monoisotopic (exact) mass is 351 g/mol. The number of carbonyl (C=O) groups excluding carboxylic acids is 1. The van der Waals surface area contributed by atoms with Crippen molar-refractivity contribution in [2.75, 3.05) is 10.7 Å². The van der Waals surface area contributed by atoms with E-state index in [1.165, 1.54) is 0 Å². The lowest BCUT2D eigenvalue weighted by Crippen LogP contribution is -2.49. The third-order valence-electron chi connectivity index (χ3n) is 2.26. The number of hydrogen-bond donors (Lipinski definition) is 1. The van der Waals surface area contributed by atoms with E-state index in [1.807, 2.05) is 13.8 Å². The fraction of sp³-hybridized carbons (Fsp3) is 0.600. The fourth-order valence-corrected chi connectivity index (χ4v) is 2.48. The summed E-state index contributed by atoms with van der Waals surface area (Å²) in [5, 5.41) is 8.50. The van der Waals surface area contributed by atoms with Gasteiger partial charge < -0.3 is 5.32 Å². The van der Waals surface area contributed by atoms with Crippen LogP contribution < -0.4 is 5.32 Å². The summed E-state index contributed by atoms with van der Waals surface area (Å²) in [5.41, 5.74) is 1.07. The predicted octanol–water partition coefficient (Wildman–Crippen LogP) is 2.01. The van der Waals surface area contributed by atoms with Crippen molar-refractivity contribution >= 4 is 37.8 Å². The number of hydrogen-bond acceptors (Lipinski definition) is 2. The summed E-state index contributed by atoms with van der Waals surface area (Å²) in [4.78, 5) is 12.0. The molecule has 90 valence electrons. The largest absolute Gasteiger partial charge is 0.345 e. The van der Waals surface area contributed by atoms with Crippen LogP contribution in [0.4, 0.5) is 0 Å². The van der Waals surface area contributed by atoms with Gasteiger partial charge in [-0.15, -0.1) is 0 Å². The van der Waals surface area contributed by atoms with Crippen LogP contribution in [0.3, 0.4) is 0 Å². The van der Waals surface area contributed by atoms with Crippen LogP contribution >= 0.6 is 31.9 Å². The number of nitrogens with zero attached hydrogens (tertiary/aromatic N) is 2. The van der Waals surface area contributed by atoms with Crippen LogP contribution in [-0.2, 0) is 7.05 Å². The smallest absolute Gasteiger partial charge is 0.255 e. The molecule has 0 radical (unpaired) electrons. The predicted molar refractivity (Wildman–Crippen MR) is 71.4 cm³/mol. The minimum Gasteiger partial charge on any atom is -0.345 e. The topological polar surface area (TPSA) is 46.9 Å². The molecule has 1 N–H and O–H groups in total. The van der Waals surface area contributed by atoms with E-state index >= 15 is 0 Å². The summed E-state index contributed by atoms with van der Waals surface area (Å²) in [6.45, 7) is 3.80. The molecule has 1 aromatic rings. The normalized spacial score (nSPS) is 11.6. The molecule has 1 rings (SSSR count). The van der Waals surface area contributed by atoms with Gasteiger partial charge in [0.2, 0.25) is 0 Å². The first-order chi connectivity index (χ1) is 7.41. The molecule has 0 saturated heterocycles. The molecule has 0 fully saturated rings. The molecule has 6 heteroatoms. The Hall–Kier alpha value is -0.360. The van der Waals surface area contributed by atoms with Crippen LogP contribution in [0.2, 0.25) is 0 Å². The first-order valence-electron chi connectivity index (χ1n) is 4.86. The van der Waals surface area contributed by atoms with Gasteiger partial charge >= 0.3 is 0 Å². The molecule has 1 aromatic heterocycles. The summed E-state index contributed by atoms with van der Waals surface area (Å²) in [7, 11) is 1.80. The molecular formula is C10H15Br2N3O. The Morgan fingerprint density at radius 1 is 1.56 bits per heavy atom. The van der Waals surface area contributed by atoms with Crippen molar-refractivity contribution < 1.29 is 4.79 Å². The zero-order chi connectivity index (χ0) is 12.3. The number of rotatable bonds is 4. The maximum absolute atomic E-state index is 12.0. The molecule has 0 aliphatic heterocycles. The second-order valence-corrected chi connectivity index (χ2v) is 5.21. The number of aromatic nitrogens is 2. The van der Waals surface area contributed by atoms with Crippen molar-refractivity contribution in [3.63, 3.8) is 0 Å². The first-order valence-corrected chi connectivity index (χ1v) is 7.11. The van der Waals surface area contributed by atoms with Gasteiger partial charge in [-0.3, -0.25) is 9.48 Å². The van der Waals surface area contributed by atoms with E-state index in [-0.39, 0.29) is 11.4 Å². The lowest BCUT2D eigenvalue weighted by Gasteiger charge is -2.26. The maximum Gasteiger partial charge on any atom is 0.255 e. The van der Waals surface area contributed by atoms with E-state index < -0.39 is 0 Å². The number of amides is 1. The molecule has 0 unspecified atom stereocenters. The molecule has 1 heterocycles. The molecule has 16 heavy (non-hydrogen) atoms. The number of alkyl halides is 2. The second kappa shape index (κ2) is 5.31. The average Bonchev–Trinajstić information content (AvgIpc) is 2.57. The van der Waals surface area contributed by atoms with Crippen LogP contribution in [0.25, 0.3) is 0 Å². The van der Waals surface area contributed by atoms with Gasteiger partial charge in [0.15, 0.2) is 0 Å². The molecule has 0 aromatic carbocycles. The van der Waals surface area contributed by atoms with Gasteiger partial charge in [-0.25, -0.2) is 0 Å². The minimum absolute atomic E-state index is 0.0907. The average molecular weight is 353 g/mol. The summed E-state index contributed by atoms with van der Waals surface area (Å²) in [6, 6.07) is 0. The van der Waals surface area contributed by atoms with Gasteiger partial charge in [-0.1, -0.05) is 31.9 Å².